The molecule has 0 aliphatic carbocycles. The van der Waals surface area contributed by atoms with Gasteiger partial charge in [0.1, 0.15) is 12.1 Å². The first-order valence-electron chi connectivity index (χ1n) is 8.93. The van der Waals surface area contributed by atoms with E-state index in [0.29, 0.717) is 30.4 Å². The number of carbonyl (C=O) groups excluding carboxylic acids is 2. The van der Waals surface area contributed by atoms with E-state index in [1.807, 2.05) is 41.0 Å². The summed E-state index contributed by atoms with van der Waals surface area (Å²) in [5, 5.41) is 11.5. The summed E-state index contributed by atoms with van der Waals surface area (Å²) in [6.45, 7) is 1.18. The quantitative estimate of drug-likeness (QED) is 0.616. The number of carbonyl (C=O) groups is 2. The first-order chi connectivity index (χ1) is 13.7. The SMILES string of the molecule is O=C(CSc1nncn1Cc1ccco1)Nc1ccccc1N1CCCC1=O. The molecule has 2 aromatic heterocycles. The molecule has 1 saturated heterocycles. The fraction of sp³-hybridized carbons (Fsp3) is 0.263. The Bertz CT molecular complexity index is 970. The molecule has 1 N–H and O–H groups in total. The molecule has 0 bridgehead atoms. The Hall–Kier alpha value is -3.07. The molecule has 8 nitrogen and oxygen atoms in total. The maximum Gasteiger partial charge on any atom is 0.234 e. The van der Waals surface area contributed by atoms with Crippen molar-refractivity contribution >= 4 is 35.0 Å². The number of amides is 2. The Labute approximate surface area is 165 Å². The molecular weight excluding hydrogens is 378 g/mol. The maximum absolute atomic E-state index is 12.5. The highest BCUT2D eigenvalue weighted by atomic mass is 32.2. The van der Waals surface area contributed by atoms with Crippen molar-refractivity contribution < 1.29 is 14.0 Å². The highest BCUT2D eigenvalue weighted by Gasteiger charge is 2.24. The van der Waals surface area contributed by atoms with Crippen molar-refractivity contribution in [2.75, 3.05) is 22.5 Å². The molecule has 3 aromatic rings. The van der Waals surface area contributed by atoms with E-state index in [9.17, 15) is 9.59 Å². The predicted molar refractivity (Wildman–Crippen MR) is 105 cm³/mol. The van der Waals surface area contributed by atoms with E-state index >= 15 is 0 Å². The van der Waals surface area contributed by atoms with Gasteiger partial charge in [-0.25, -0.2) is 0 Å². The minimum atomic E-state index is -0.170. The second kappa shape index (κ2) is 8.30. The van der Waals surface area contributed by atoms with Gasteiger partial charge in [0.05, 0.1) is 29.9 Å². The van der Waals surface area contributed by atoms with E-state index in [4.69, 9.17) is 4.42 Å². The fourth-order valence-electron chi connectivity index (χ4n) is 3.07. The van der Waals surface area contributed by atoms with Gasteiger partial charge in [0.2, 0.25) is 11.8 Å². The van der Waals surface area contributed by atoms with E-state index < -0.39 is 0 Å². The van der Waals surface area contributed by atoms with E-state index in [-0.39, 0.29) is 17.6 Å². The number of furan rings is 1. The largest absolute Gasteiger partial charge is 0.467 e. The fourth-order valence-corrected chi connectivity index (χ4v) is 3.78. The van der Waals surface area contributed by atoms with E-state index in [1.165, 1.54) is 11.8 Å². The zero-order valence-electron chi connectivity index (χ0n) is 15.1. The van der Waals surface area contributed by atoms with Crippen LogP contribution in [0.2, 0.25) is 0 Å². The summed E-state index contributed by atoms with van der Waals surface area (Å²) in [6.07, 6.45) is 4.60. The number of nitrogens with zero attached hydrogens (tertiary/aromatic N) is 4. The molecule has 0 radical (unpaired) electrons. The van der Waals surface area contributed by atoms with E-state index in [2.05, 4.69) is 15.5 Å². The van der Waals surface area contributed by atoms with Gasteiger partial charge < -0.3 is 19.2 Å². The van der Waals surface area contributed by atoms with Gasteiger partial charge in [0, 0.05) is 13.0 Å². The van der Waals surface area contributed by atoms with Gasteiger partial charge in [0.15, 0.2) is 5.16 Å². The van der Waals surface area contributed by atoms with Crippen LogP contribution < -0.4 is 10.2 Å². The third-order valence-electron chi connectivity index (χ3n) is 4.36. The maximum atomic E-state index is 12.5. The lowest BCUT2D eigenvalue weighted by atomic mass is 10.2. The number of nitrogens with one attached hydrogen (secondary N) is 1. The predicted octanol–water partition coefficient (Wildman–Crippen LogP) is 2.78. The molecule has 0 spiro atoms. The smallest absolute Gasteiger partial charge is 0.234 e. The van der Waals surface area contributed by atoms with Crippen LogP contribution in [-0.4, -0.2) is 38.9 Å². The lowest BCUT2D eigenvalue weighted by Crippen LogP contribution is -2.26. The van der Waals surface area contributed by atoms with E-state index in [0.717, 1.165) is 17.9 Å². The molecule has 144 valence electrons. The van der Waals surface area contributed by atoms with Gasteiger partial charge in [-0.05, 0) is 30.7 Å². The average Bonchev–Trinajstić information content (AvgIpc) is 3.44. The summed E-state index contributed by atoms with van der Waals surface area (Å²) in [5.41, 5.74) is 1.38. The van der Waals surface area contributed by atoms with Crippen molar-refractivity contribution in [1.29, 1.82) is 0 Å². The van der Waals surface area contributed by atoms with Crippen LogP contribution in [0.1, 0.15) is 18.6 Å². The van der Waals surface area contributed by atoms with Crippen molar-refractivity contribution in [2.45, 2.75) is 24.5 Å². The van der Waals surface area contributed by atoms with Crippen LogP contribution in [0.3, 0.4) is 0 Å². The lowest BCUT2D eigenvalue weighted by molar-refractivity contribution is -0.117. The van der Waals surface area contributed by atoms with Crippen LogP contribution in [0, 0.1) is 0 Å². The third kappa shape index (κ3) is 4.09. The zero-order valence-corrected chi connectivity index (χ0v) is 15.9. The van der Waals surface area contributed by atoms with Crippen molar-refractivity contribution in [3.8, 4) is 0 Å². The number of thioether (sulfide) groups is 1. The first kappa shape index (κ1) is 18.3. The second-order valence-corrected chi connectivity index (χ2v) is 7.27. The Morgan fingerprint density at radius 3 is 2.93 bits per heavy atom. The molecule has 9 heteroatoms. The van der Waals surface area contributed by atoms with Gasteiger partial charge in [-0.2, -0.15) is 0 Å². The van der Waals surface area contributed by atoms with Crippen LogP contribution in [0.15, 0.2) is 58.6 Å². The van der Waals surface area contributed by atoms with Crippen molar-refractivity contribution in [1.82, 2.24) is 14.8 Å². The number of para-hydroxylation sites is 2. The summed E-state index contributed by atoms with van der Waals surface area (Å²) in [4.78, 5) is 26.2. The molecule has 1 aliphatic heterocycles. The number of hydrogen-bond donors (Lipinski definition) is 1. The summed E-state index contributed by atoms with van der Waals surface area (Å²) in [5.74, 6) is 0.883. The van der Waals surface area contributed by atoms with Gasteiger partial charge in [-0.3, -0.25) is 9.59 Å². The molecular formula is C19H19N5O3S. The number of aromatic nitrogens is 3. The van der Waals surface area contributed by atoms with Crippen LogP contribution in [-0.2, 0) is 16.1 Å². The number of anilines is 2. The molecule has 1 fully saturated rings. The van der Waals surface area contributed by atoms with Crippen molar-refractivity contribution in [2.24, 2.45) is 0 Å². The summed E-state index contributed by atoms with van der Waals surface area (Å²) in [7, 11) is 0. The normalized spacial score (nSPS) is 13.9. The van der Waals surface area contributed by atoms with E-state index in [1.54, 1.807) is 17.5 Å². The third-order valence-corrected chi connectivity index (χ3v) is 5.34. The molecule has 1 aromatic carbocycles. The van der Waals surface area contributed by atoms with Gasteiger partial charge in [0.25, 0.3) is 0 Å². The standard InChI is InChI=1S/C19H19N5O3S/c25-17(12-28-19-22-20-13-23(19)11-14-5-4-10-27-14)21-15-6-1-2-7-16(15)24-9-3-8-18(24)26/h1-2,4-7,10,13H,3,8-9,11-12H2,(H,21,25). The summed E-state index contributed by atoms with van der Waals surface area (Å²) < 4.78 is 7.17. The summed E-state index contributed by atoms with van der Waals surface area (Å²) in [6, 6.07) is 11.1. The molecule has 2 amide bonds. The van der Waals surface area contributed by atoms with Crippen molar-refractivity contribution in [3.05, 3.63) is 54.7 Å². The van der Waals surface area contributed by atoms with Gasteiger partial charge in [-0.1, -0.05) is 23.9 Å². The first-order valence-corrected chi connectivity index (χ1v) is 9.91. The molecule has 0 atom stereocenters. The highest BCUT2D eigenvalue weighted by Crippen LogP contribution is 2.29. The van der Waals surface area contributed by atoms with Crippen LogP contribution in [0.25, 0.3) is 0 Å². The monoisotopic (exact) mass is 397 g/mol. The Morgan fingerprint density at radius 1 is 1.25 bits per heavy atom. The molecule has 28 heavy (non-hydrogen) atoms. The van der Waals surface area contributed by atoms with Crippen LogP contribution in [0.4, 0.5) is 11.4 Å². The lowest BCUT2D eigenvalue weighted by Gasteiger charge is -2.19. The number of benzene rings is 1. The zero-order chi connectivity index (χ0) is 19.3. The molecule has 0 saturated carbocycles. The van der Waals surface area contributed by atoms with Gasteiger partial charge >= 0.3 is 0 Å². The Kier molecular flexibility index (Phi) is 5.43. The number of hydrogen-bond acceptors (Lipinski definition) is 6. The molecule has 4 rings (SSSR count). The second-order valence-electron chi connectivity index (χ2n) is 6.32. The molecule has 1 aliphatic rings. The van der Waals surface area contributed by atoms with Crippen molar-refractivity contribution in [3.63, 3.8) is 0 Å². The molecule has 3 heterocycles. The van der Waals surface area contributed by atoms with Crippen LogP contribution in [0.5, 0.6) is 0 Å². The summed E-state index contributed by atoms with van der Waals surface area (Å²) >= 11 is 1.30. The Balaban J connectivity index is 1.38. The topological polar surface area (TPSA) is 93.3 Å². The van der Waals surface area contributed by atoms with Gasteiger partial charge in [-0.15, -0.1) is 10.2 Å². The number of rotatable bonds is 7. The Morgan fingerprint density at radius 2 is 2.14 bits per heavy atom. The average molecular weight is 397 g/mol. The highest BCUT2D eigenvalue weighted by molar-refractivity contribution is 7.99. The minimum absolute atomic E-state index is 0.0853. The van der Waals surface area contributed by atoms with Crippen LogP contribution >= 0.6 is 11.8 Å². The minimum Gasteiger partial charge on any atom is -0.467 e. The molecule has 0 unspecified atom stereocenters.